The highest BCUT2D eigenvalue weighted by Gasteiger charge is 2.94. The number of carbonyl (C=O) groups excluding carboxylic acids is 1. The Balaban J connectivity index is 3.31. The minimum absolute atomic E-state index is 0.0488. The molecule has 0 aromatic heterocycles. The van der Waals surface area contributed by atoms with Crippen molar-refractivity contribution in [2.75, 3.05) is 6.54 Å². The first-order valence-electron chi connectivity index (χ1n) is 8.79. The van der Waals surface area contributed by atoms with Crippen LogP contribution in [0.4, 0.5) is 70.2 Å². The van der Waals surface area contributed by atoms with E-state index in [9.17, 15) is 75.0 Å². The van der Waals surface area contributed by atoms with Gasteiger partial charge in [0, 0.05) is 11.6 Å². The third-order valence-corrected chi connectivity index (χ3v) is 4.77. The lowest BCUT2D eigenvalue weighted by atomic mass is 9.89. The molecule has 0 saturated carbocycles. The van der Waals surface area contributed by atoms with Crippen molar-refractivity contribution in [3.05, 3.63) is 34.9 Å². The van der Waals surface area contributed by atoms with E-state index >= 15 is 0 Å². The number of rotatable bonds is 11. The molecule has 208 valence electrons. The minimum Gasteiger partial charge on any atom is -0.350 e. The Morgan fingerprint density at radius 2 is 1.19 bits per heavy atom. The average molecular weight is 584 g/mol. The van der Waals surface area contributed by atoms with Crippen LogP contribution in [-0.2, 0) is 11.2 Å². The lowest BCUT2D eigenvalue weighted by Crippen LogP contribution is -2.74. The van der Waals surface area contributed by atoms with Gasteiger partial charge in [0.05, 0.1) is 0 Å². The van der Waals surface area contributed by atoms with Crippen molar-refractivity contribution in [3.63, 3.8) is 0 Å². The minimum atomic E-state index is -8.55. The van der Waals surface area contributed by atoms with E-state index < -0.39 is 66.8 Å². The van der Waals surface area contributed by atoms with Crippen LogP contribution in [0.25, 0.3) is 0 Å². The van der Waals surface area contributed by atoms with Gasteiger partial charge in [0.25, 0.3) is 5.91 Å². The number of hydrogen-bond acceptors (Lipinski definition) is 1. The van der Waals surface area contributed by atoms with Gasteiger partial charge in [-0.25, -0.2) is 8.78 Å². The maximum absolute atomic E-state index is 13.8. The first-order valence-corrected chi connectivity index (χ1v) is 9.17. The Morgan fingerprint density at radius 3 is 1.64 bits per heavy atom. The van der Waals surface area contributed by atoms with E-state index in [1.165, 1.54) is 18.2 Å². The topological polar surface area (TPSA) is 29.1 Å². The SMILES string of the molecule is O=C(NCCc1cccc(Cl)c1)C(F)(F)C(F)(F)C(F)(F)C(F)(F)C(F)(F)C(F)(F)C(F)(F)C(F)F. The van der Waals surface area contributed by atoms with Gasteiger partial charge in [-0.1, -0.05) is 23.7 Å². The van der Waals surface area contributed by atoms with E-state index in [-0.39, 0.29) is 10.6 Å². The molecule has 0 saturated heterocycles. The van der Waals surface area contributed by atoms with Crippen LogP contribution in [0.1, 0.15) is 5.56 Å². The van der Waals surface area contributed by atoms with E-state index in [0.29, 0.717) is 0 Å². The van der Waals surface area contributed by atoms with E-state index in [0.717, 1.165) is 11.4 Å². The van der Waals surface area contributed by atoms with Gasteiger partial charge < -0.3 is 5.32 Å². The zero-order valence-electron chi connectivity index (χ0n) is 16.6. The van der Waals surface area contributed by atoms with Crippen molar-refractivity contribution in [2.24, 2.45) is 0 Å². The van der Waals surface area contributed by atoms with E-state index in [4.69, 9.17) is 11.6 Å². The maximum atomic E-state index is 13.8. The highest BCUT2D eigenvalue weighted by molar-refractivity contribution is 6.30. The van der Waals surface area contributed by atoms with Crippen LogP contribution in [0.15, 0.2) is 24.3 Å². The molecule has 0 bridgehead atoms. The molecule has 0 aliphatic heterocycles. The summed E-state index contributed by atoms with van der Waals surface area (Å²) in [6.45, 7) is -1.10. The second-order valence-electron chi connectivity index (χ2n) is 7.01. The summed E-state index contributed by atoms with van der Waals surface area (Å²) in [6, 6.07) is 4.96. The van der Waals surface area contributed by atoms with Crippen LogP contribution in [0.2, 0.25) is 5.02 Å². The second-order valence-corrected chi connectivity index (χ2v) is 7.44. The predicted octanol–water partition coefficient (Wildman–Crippen LogP) is 6.71. The summed E-state index contributed by atoms with van der Waals surface area (Å²) in [5.74, 6) is -59.6. The highest BCUT2D eigenvalue weighted by Crippen LogP contribution is 2.62. The van der Waals surface area contributed by atoms with E-state index in [2.05, 4.69) is 0 Å². The van der Waals surface area contributed by atoms with Gasteiger partial charge in [-0.15, -0.1) is 0 Å². The van der Waals surface area contributed by atoms with Crippen molar-refractivity contribution >= 4 is 17.5 Å². The van der Waals surface area contributed by atoms with Gasteiger partial charge in [0.1, 0.15) is 0 Å². The zero-order valence-corrected chi connectivity index (χ0v) is 17.4. The molecule has 0 aliphatic rings. The van der Waals surface area contributed by atoms with Gasteiger partial charge in [0.2, 0.25) is 0 Å². The van der Waals surface area contributed by atoms with Crippen molar-refractivity contribution in [1.82, 2.24) is 5.32 Å². The van der Waals surface area contributed by atoms with Gasteiger partial charge in [-0.05, 0) is 24.1 Å². The molecule has 0 aliphatic carbocycles. The Labute approximate surface area is 194 Å². The first kappa shape index (κ1) is 31.9. The van der Waals surface area contributed by atoms with Gasteiger partial charge in [-0.3, -0.25) is 4.79 Å². The summed E-state index contributed by atoms with van der Waals surface area (Å²) in [7, 11) is 0. The quantitative estimate of drug-likeness (QED) is 0.288. The molecule has 1 rings (SSSR count). The molecule has 1 N–H and O–H groups in total. The number of amides is 1. The van der Waals surface area contributed by atoms with Crippen LogP contribution in [-0.4, -0.2) is 60.3 Å². The summed E-state index contributed by atoms with van der Waals surface area (Å²) >= 11 is 5.56. The molecule has 0 unspecified atom stereocenters. The number of nitrogens with one attached hydrogen (secondary N) is 1. The predicted molar refractivity (Wildman–Crippen MR) is 88.8 cm³/mol. The zero-order chi connectivity index (χ0) is 28.8. The molecule has 0 spiro atoms. The Morgan fingerprint density at radius 1 is 0.750 bits per heavy atom. The fourth-order valence-corrected chi connectivity index (χ4v) is 2.61. The molecule has 0 fully saturated rings. The van der Waals surface area contributed by atoms with Gasteiger partial charge >= 0.3 is 47.9 Å². The van der Waals surface area contributed by atoms with Crippen molar-refractivity contribution in [3.8, 4) is 0 Å². The fourth-order valence-electron chi connectivity index (χ4n) is 2.40. The van der Waals surface area contributed by atoms with Crippen LogP contribution in [0.3, 0.4) is 0 Å². The number of alkyl halides is 16. The molecule has 2 nitrogen and oxygen atoms in total. The maximum Gasteiger partial charge on any atom is 0.392 e. The third kappa shape index (κ3) is 4.76. The van der Waals surface area contributed by atoms with E-state index in [1.807, 2.05) is 0 Å². The molecule has 19 heteroatoms. The number of carbonyl (C=O) groups is 1. The highest BCUT2D eigenvalue weighted by atomic mass is 35.5. The molecule has 0 atom stereocenters. The Hall–Kier alpha value is -2.14. The van der Waals surface area contributed by atoms with Crippen LogP contribution >= 0.6 is 11.6 Å². The van der Waals surface area contributed by atoms with Crippen molar-refractivity contribution < 1.29 is 75.0 Å². The molecule has 36 heavy (non-hydrogen) atoms. The molecule has 1 aromatic carbocycles. The summed E-state index contributed by atoms with van der Waals surface area (Å²) < 4.78 is 212. The standard InChI is InChI=1S/C17H10ClF16NO/c18-8-3-1-2-7(6-8)4-5-35-10(36)12(23,24)14(27,28)16(31,32)17(33,34)15(29,30)13(25,26)11(21,22)9(19)20/h1-3,6,9H,4-5H2,(H,35,36). The van der Waals surface area contributed by atoms with Gasteiger partial charge in [0.15, 0.2) is 0 Å². The van der Waals surface area contributed by atoms with Crippen molar-refractivity contribution in [2.45, 2.75) is 54.3 Å². The third-order valence-electron chi connectivity index (χ3n) is 4.54. The molecule has 0 heterocycles. The lowest BCUT2D eigenvalue weighted by molar-refractivity contribution is -0.443. The first-order chi connectivity index (χ1) is 15.8. The number of hydrogen-bond donors (Lipinski definition) is 1. The van der Waals surface area contributed by atoms with Gasteiger partial charge in [-0.2, -0.15) is 61.5 Å². The van der Waals surface area contributed by atoms with Crippen LogP contribution in [0, 0.1) is 0 Å². The molecule has 1 amide bonds. The molecular weight excluding hydrogens is 574 g/mol. The van der Waals surface area contributed by atoms with Crippen LogP contribution in [0.5, 0.6) is 0 Å². The summed E-state index contributed by atoms with van der Waals surface area (Å²) in [6.07, 6.45) is -6.44. The summed E-state index contributed by atoms with van der Waals surface area (Å²) in [4.78, 5) is 11.3. The Kier molecular flexibility index (Phi) is 8.53. The average Bonchev–Trinajstić information content (AvgIpc) is 2.72. The normalized spacial score (nSPS) is 14.8. The monoisotopic (exact) mass is 583 g/mol. The smallest absolute Gasteiger partial charge is 0.350 e. The Bertz CT molecular complexity index is 948. The summed E-state index contributed by atoms with van der Waals surface area (Å²) in [5, 5.41) is 0.932. The molecular formula is C17H10ClF16NO. The fraction of sp³-hybridized carbons (Fsp3) is 0.588. The van der Waals surface area contributed by atoms with E-state index in [1.54, 1.807) is 0 Å². The second kappa shape index (κ2) is 9.63. The van der Waals surface area contributed by atoms with Crippen molar-refractivity contribution in [1.29, 1.82) is 0 Å². The largest absolute Gasteiger partial charge is 0.392 e. The van der Waals surface area contributed by atoms with Crippen LogP contribution < -0.4 is 5.32 Å². The summed E-state index contributed by atoms with van der Waals surface area (Å²) in [5.41, 5.74) is 0.122. The number of halogens is 17. The molecule has 1 aromatic rings. The number of benzene rings is 1. The molecule has 0 radical (unpaired) electrons. The lowest BCUT2D eigenvalue weighted by Gasteiger charge is -2.42.